The molecule has 0 aromatic heterocycles. The Kier molecular flexibility index (Phi) is 4.08. The molecule has 1 amide bonds. The smallest absolute Gasteiger partial charge is 0.258 e. The zero-order chi connectivity index (χ0) is 16.5. The zero-order valence-electron chi connectivity index (χ0n) is 12.3. The van der Waals surface area contributed by atoms with Gasteiger partial charge >= 0.3 is 0 Å². The van der Waals surface area contributed by atoms with Crippen LogP contribution in [0.5, 0.6) is 0 Å². The summed E-state index contributed by atoms with van der Waals surface area (Å²) < 4.78 is 23.3. The van der Waals surface area contributed by atoms with E-state index in [-0.39, 0.29) is 10.5 Å². The molecule has 2 rings (SSSR count). The number of aryl methyl sites for hydroxylation is 1. The number of benzene rings is 2. The monoisotopic (exact) mass is 319 g/mol. The first-order valence-electron chi connectivity index (χ1n) is 6.56. The molecule has 0 aliphatic rings. The summed E-state index contributed by atoms with van der Waals surface area (Å²) in [5, 5.41) is 10.8. The van der Waals surface area contributed by atoms with Crippen LogP contribution >= 0.6 is 0 Å². The highest BCUT2D eigenvalue weighted by Gasteiger charge is 2.38. The summed E-state index contributed by atoms with van der Waals surface area (Å²) in [5.74, 6) is -0.926. The van der Waals surface area contributed by atoms with Crippen LogP contribution in [0.25, 0.3) is 0 Å². The highest BCUT2D eigenvalue weighted by atomic mass is 32.2. The first-order chi connectivity index (χ1) is 10.2. The molecule has 0 aliphatic carbocycles. The average Bonchev–Trinajstić information content (AvgIpc) is 2.45. The SMILES string of the molecule is Cc1cc(C(O)(C(N)=O)c2ccccc2)ccc1S(C)(=O)=O. The van der Waals surface area contributed by atoms with Crippen molar-refractivity contribution in [1.82, 2.24) is 0 Å². The maximum absolute atomic E-state index is 11.9. The molecule has 22 heavy (non-hydrogen) atoms. The molecule has 2 aromatic carbocycles. The highest BCUT2D eigenvalue weighted by Crippen LogP contribution is 2.31. The Morgan fingerprint density at radius 3 is 2.14 bits per heavy atom. The number of nitrogens with two attached hydrogens (primary N) is 1. The van der Waals surface area contributed by atoms with E-state index >= 15 is 0 Å². The normalized spacial score (nSPS) is 14.3. The minimum absolute atomic E-state index is 0.149. The van der Waals surface area contributed by atoms with E-state index in [4.69, 9.17) is 5.73 Å². The number of rotatable bonds is 4. The number of sulfone groups is 1. The molecule has 1 atom stereocenters. The molecule has 0 heterocycles. The van der Waals surface area contributed by atoms with Gasteiger partial charge in [0, 0.05) is 6.26 Å². The lowest BCUT2D eigenvalue weighted by atomic mass is 9.85. The summed E-state index contributed by atoms with van der Waals surface area (Å²) in [5.41, 5.74) is 4.39. The Hall–Kier alpha value is -2.18. The summed E-state index contributed by atoms with van der Waals surface area (Å²) in [7, 11) is -3.38. The Bertz CT molecular complexity index is 815. The van der Waals surface area contributed by atoms with Crippen LogP contribution in [0.4, 0.5) is 0 Å². The van der Waals surface area contributed by atoms with Crippen molar-refractivity contribution in [3.63, 3.8) is 0 Å². The lowest BCUT2D eigenvalue weighted by Gasteiger charge is -2.26. The fourth-order valence-electron chi connectivity index (χ4n) is 2.42. The van der Waals surface area contributed by atoms with Crippen molar-refractivity contribution in [1.29, 1.82) is 0 Å². The predicted molar refractivity (Wildman–Crippen MR) is 82.9 cm³/mol. The molecule has 116 valence electrons. The maximum atomic E-state index is 11.9. The number of carbonyl (C=O) groups excluding carboxylic acids is 1. The average molecular weight is 319 g/mol. The van der Waals surface area contributed by atoms with Gasteiger partial charge in [0.25, 0.3) is 5.91 Å². The Morgan fingerprint density at radius 2 is 1.68 bits per heavy atom. The minimum atomic E-state index is -3.38. The molecule has 3 N–H and O–H groups in total. The number of primary amides is 1. The van der Waals surface area contributed by atoms with E-state index < -0.39 is 21.3 Å². The number of aliphatic hydroxyl groups is 1. The van der Waals surface area contributed by atoms with Gasteiger partial charge in [0.15, 0.2) is 15.4 Å². The number of hydrogen-bond acceptors (Lipinski definition) is 4. The van der Waals surface area contributed by atoms with Crippen LogP contribution in [0.15, 0.2) is 53.4 Å². The fraction of sp³-hybridized carbons (Fsp3) is 0.188. The van der Waals surface area contributed by atoms with Gasteiger partial charge in [-0.2, -0.15) is 0 Å². The molecule has 0 saturated heterocycles. The largest absolute Gasteiger partial charge is 0.372 e. The second-order valence-corrected chi connectivity index (χ2v) is 7.18. The van der Waals surface area contributed by atoms with Crippen molar-refractivity contribution < 1.29 is 18.3 Å². The van der Waals surface area contributed by atoms with Crippen LogP contribution in [0.2, 0.25) is 0 Å². The van der Waals surface area contributed by atoms with E-state index in [0.717, 1.165) is 6.26 Å². The van der Waals surface area contributed by atoms with Crippen molar-refractivity contribution in [3.05, 3.63) is 65.2 Å². The molecule has 0 spiro atoms. The summed E-state index contributed by atoms with van der Waals surface area (Å²) in [6.45, 7) is 1.60. The van der Waals surface area contributed by atoms with Gasteiger partial charge in [-0.1, -0.05) is 42.5 Å². The molecule has 0 saturated carbocycles. The Balaban J connectivity index is 2.66. The van der Waals surface area contributed by atoms with E-state index in [1.807, 2.05) is 0 Å². The summed E-state index contributed by atoms with van der Waals surface area (Å²) in [6.07, 6.45) is 1.10. The molecule has 2 aromatic rings. The van der Waals surface area contributed by atoms with Gasteiger partial charge in [0.2, 0.25) is 0 Å². The third-order valence-electron chi connectivity index (χ3n) is 3.54. The van der Waals surface area contributed by atoms with Crippen LogP contribution in [-0.2, 0) is 20.2 Å². The summed E-state index contributed by atoms with van der Waals surface area (Å²) in [4.78, 5) is 12.0. The van der Waals surface area contributed by atoms with Crippen LogP contribution < -0.4 is 5.73 Å². The second-order valence-electron chi connectivity index (χ2n) is 5.19. The predicted octanol–water partition coefficient (Wildman–Crippen LogP) is 1.12. The maximum Gasteiger partial charge on any atom is 0.258 e. The molecular weight excluding hydrogens is 302 g/mol. The first-order valence-corrected chi connectivity index (χ1v) is 8.45. The van der Waals surface area contributed by atoms with Crippen LogP contribution in [-0.4, -0.2) is 25.7 Å². The fourth-order valence-corrected chi connectivity index (χ4v) is 3.38. The van der Waals surface area contributed by atoms with E-state index in [1.165, 1.54) is 18.2 Å². The van der Waals surface area contributed by atoms with Crippen LogP contribution in [0, 0.1) is 6.92 Å². The quantitative estimate of drug-likeness (QED) is 0.882. The van der Waals surface area contributed by atoms with Crippen molar-refractivity contribution in [2.24, 2.45) is 5.73 Å². The van der Waals surface area contributed by atoms with Gasteiger partial charge in [-0.3, -0.25) is 4.79 Å². The van der Waals surface area contributed by atoms with Gasteiger partial charge < -0.3 is 10.8 Å². The molecular formula is C16H17NO4S. The Morgan fingerprint density at radius 1 is 1.09 bits per heavy atom. The molecule has 0 fully saturated rings. The van der Waals surface area contributed by atoms with E-state index in [9.17, 15) is 18.3 Å². The van der Waals surface area contributed by atoms with Crippen molar-refractivity contribution in [3.8, 4) is 0 Å². The van der Waals surface area contributed by atoms with Gasteiger partial charge in [-0.05, 0) is 29.7 Å². The number of hydrogen-bond donors (Lipinski definition) is 2. The standard InChI is InChI=1S/C16H17NO4S/c1-11-10-13(8-9-14(11)22(2,20)21)16(19,15(17)18)12-6-4-3-5-7-12/h3-10,19H,1-2H3,(H2,17,18). The Labute approximate surface area is 129 Å². The minimum Gasteiger partial charge on any atom is -0.372 e. The summed E-state index contributed by atoms with van der Waals surface area (Å²) in [6, 6.07) is 12.5. The molecule has 1 unspecified atom stereocenters. The number of carbonyl (C=O) groups is 1. The molecule has 6 heteroatoms. The molecule has 0 radical (unpaired) electrons. The molecule has 0 bridgehead atoms. The zero-order valence-corrected chi connectivity index (χ0v) is 13.1. The third-order valence-corrected chi connectivity index (χ3v) is 4.80. The van der Waals surface area contributed by atoms with Gasteiger partial charge in [0.1, 0.15) is 0 Å². The summed E-state index contributed by atoms with van der Waals surface area (Å²) >= 11 is 0. The van der Waals surface area contributed by atoms with Gasteiger partial charge in [-0.25, -0.2) is 8.42 Å². The molecule has 5 nitrogen and oxygen atoms in total. The topological polar surface area (TPSA) is 97.5 Å². The van der Waals surface area contributed by atoms with Crippen molar-refractivity contribution in [2.45, 2.75) is 17.4 Å². The lowest BCUT2D eigenvalue weighted by Crippen LogP contribution is -2.42. The van der Waals surface area contributed by atoms with E-state index in [1.54, 1.807) is 37.3 Å². The van der Waals surface area contributed by atoms with Crippen LogP contribution in [0.1, 0.15) is 16.7 Å². The van der Waals surface area contributed by atoms with Crippen molar-refractivity contribution >= 4 is 15.7 Å². The number of amides is 1. The van der Waals surface area contributed by atoms with Gasteiger partial charge in [-0.15, -0.1) is 0 Å². The van der Waals surface area contributed by atoms with Gasteiger partial charge in [0.05, 0.1) is 4.90 Å². The van der Waals surface area contributed by atoms with E-state index in [0.29, 0.717) is 11.1 Å². The lowest BCUT2D eigenvalue weighted by molar-refractivity contribution is -0.133. The van der Waals surface area contributed by atoms with Crippen LogP contribution in [0.3, 0.4) is 0 Å². The molecule has 0 aliphatic heterocycles. The first kappa shape index (κ1) is 16.2. The highest BCUT2D eigenvalue weighted by molar-refractivity contribution is 7.90. The van der Waals surface area contributed by atoms with Crippen molar-refractivity contribution in [2.75, 3.05) is 6.26 Å². The third kappa shape index (κ3) is 2.75. The van der Waals surface area contributed by atoms with E-state index in [2.05, 4.69) is 0 Å². The second kappa shape index (κ2) is 5.55.